The number of benzene rings is 3. The van der Waals surface area contributed by atoms with Crippen molar-refractivity contribution < 1.29 is 28.7 Å². The number of rotatable bonds is 6. The lowest BCUT2D eigenvalue weighted by atomic mass is 9.95. The molecule has 5 rings (SSSR count). The molecule has 0 bridgehead atoms. The second kappa shape index (κ2) is 9.43. The summed E-state index contributed by atoms with van der Waals surface area (Å²) in [6.45, 7) is 2.26. The predicted molar refractivity (Wildman–Crippen MR) is 135 cm³/mol. The van der Waals surface area contributed by atoms with Crippen molar-refractivity contribution in [3.63, 3.8) is 0 Å². The van der Waals surface area contributed by atoms with Gasteiger partial charge in [0, 0.05) is 17.7 Å². The molecule has 9 nitrogen and oxygen atoms in total. The Bertz CT molecular complexity index is 1600. The van der Waals surface area contributed by atoms with E-state index in [0.717, 1.165) is 16.2 Å². The topological polar surface area (TPSA) is 123 Å². The van der Waals surface area contributed by atoms with Gasteiger partial charge in [0.2, 0.25) is 0 Å². The van der Waals surface area contributed by atoms with Crippen LogP contribution in [0.25, 0.3) is 16.0 Å². The Labute approximate surface area is 213 Å². The first kappa shape index (κ1) is 24.1. The Hall–Kier alpha value is -4.64. The van der Waals surface area contributed by atoms with Gasteiger partial charge in [-0.3, -0.25) is 24.6 Å². The van der Waals surface area contributed by atoms with Crippen molar-refractivity contribution in [1.29, 1.82) is 0 Å². The minimum absolute atomic E-state index is 0.0879. The average molecular weight is 520 g/mol. The summed E-state index contributed by atoms with van der Waals surface area (Å²) in [4.78, 5) is 43.0. The lowest BCUT2D eigenvalue weighted by Gasteiger charge is -2.22. The molecule has 37 heavy (non-hydrogen) atoms. The van der Waals surface area contributed by atoms with Crippen molar-refractivity contribution in [3.05, 3.63) is 99.4 Å². The molecule has 1 N–H and O–H groups in total. The molecule has 0 aliphatic carbocycles. The molecule has 2 heterocycles. The van der Waals surface area contributed by atoms with E-state index in [1.807, 2.05) is 6.92 Å². The Morgan fingerprint density at radius 2 is 1.92 bits per heavy atom. The van der Waals surface area contributed by atoms with Crippen LogP contribution in [0.4, 0.5) is 15.2 Å². The highest BCUT2D eigenvalue weighted by atomic mass is 32.1. The van der Waals surface area contributed by atoms with Crippen LogP contribution in [-0.4, -0.2) is 33.3 Å². The summed E-state index contributed by atoms with van der Waals surface area (Å²) in [6.07, 6.45) is 0. The summed E-state index contributed by atoms with van der Waals surface area (Å²) in [5, 5.41) is 22.8. The second-order valence-corrected chi connectivity index (χ2v) is 9.10. The molecule has 1 unspecified atom stereocenters. The third-order valence-corrected chi connectivity index (χ3v) is 6.84. The van der Waals surface area contributed by atoms with E-state index in [1.54, 1.807) is 24.3 Å². The van der Waals surface area contributed by atoms with Gasteiger partial charge in [0.1, 0.15) is 17.3 Å². The molecule has 4 aromatic rings. The number of nitro groups is 1. The van der Waals surface area contributed by atoms with Crippen molar-refractivity contribution in [2.45, 2.75) is 13.0 Å². The van der Waals surface area contributed by atoms with Gasteiger partial charge < -0.3 is 9.84 Å². The summed E-state index contributed by atoms with van der Waals surface area (Å²) in [5.41, 5.74) is 0.387. The highest BCUT2D eigenvalue weighted by Gasteiger charge is 2.48. The number of Topliss-reactive ketones (excluding diaryl/α,β-unsaturated/α-hetero) is 1. The average Bonchev–Trinajstić information content (AvgIpc) is 3.42. The number of anilines is 1. The molecule has 11 heteroatoms. The number of fused-ring (bicyclic) bond motifs is 1. The monoisotopic (exact) mass is 519 g/mol. The van der Waals surface area contributed by atoms with Gasteiger partial charge in [-0.2, -0.15) is 0 Å². The fourth-order valence-corrected chi connectivity index (χ4v) is 5.19. The van der Waals surface area contributed by atoms with Crippen LogP contribution in [0.1, 0.15) is 24.1 Å². The highest BCUT2D eigenvalue weighted by Crippen LogP contribution is 2.45. The van der Waals surface area contributed by atoms with Gasteiger partial charge in [-0.05, 0) is 55.0 Å². The summed E-state index contributed by atoms with van der Waals surface area (Å²) in [6, 6.07) is 14.5. The standard InChI is InChI=1S/C26H18FN3O6S/c1-2-36-18-9-6-14(7-10-18)23(31)21-22(15-4-3-5-17(12-15)30(34)35)29(25(33)24(21)32)26-28-19-11-8-16(27)13-20(19)37-26/h3-13,22,31H,2H2,1H3/b23-21+. The third kappa shape index (κ3) is 4.29. The van der Waals surface area contributed by atoms with Crippen LogP contribution >= 0.6 is 11.3 Å². The summed E-state index contributed by atoms with van der Waals surface area (Å²) in [7, 11) is 0. The fourth-order valence-electron chi connectivity index (χ4n) is 4.17. The number of nitrogens with zero attached hydrogens (tertiary/aromatic N) is 3. The van der Waals surface area contributed by atoms with Crippen LogP contribution < -0.4 is 9.64 Å². The molecular formula is C26H18FN3O6S. The molecule has 1 fully saturated rings. The number of hydrogen-bond donors (Lipinski definition) is 1. The first-order chi connectivity index (χ1) is 17.8. The van der Waals surface area contributed by atoms with Crippen molar-refractivity contribution in [3.8, 4) is 5.75 Å². The van der Waals surface area contributed by atoms with Crippen LogP contribution in [0.15, 0.2) is 72.3 Å². The first-order valence-corrected chi connectivity index (χ1v) is 11.9. The quantitative estimate of drug-likeness (QED) is 0.119. The smallest absolute Gasteiger partial charge is 0.301 e. The minimum atomic E-state index is -1.21. The van der Waals surface area contributed by atoms with E-state index in [0.29, 0.717) is 22.6 Å². The molecule has 3 aromatic carbocycles. The lowest BCUT2D eigenvalue weighted by Crippen LogP contribution is -2.29. The Kier molecular flexibility index (Phi) is 6.14. The SMILES string of the molecule is CCOc1ccc(/C(O)=C2\C(=O)C(=O)N(c3nc4ccc(F)cc4s3)C2c2cccc([N+](=O)[O-])c2)cc1. The molecular weight excluding hydrogens is 501 g/mol. The largest absolute Gasteiger partial charge is 0.507 e. The molecule has 1 saturated heterocycles. The van der Waals surface area contributed by atoms with Crippen LogP contribution in [-0.2, 0) is 9.59 Å². The number of ketones is 1. The number of carbonyl (C=O) groups is 2. The van der Waals surface area contributed by atoms with Gasteiger partial charge in [-0.25, -0.2) is 9.37 Å². The van der Waals surface area contributed by atoms with Crippen LogP contribution in [0.5, 0.6) is 5.75 Å². The van der Waals surface area contributed by atoms with Gasteiger partial charge in [-0.1, -0.05) is 23.5 Å². The van der Waals surface area contributed by atoms with E-state index in [4.69, 9.17) is 4.74 Å². The van der Waals surface area contributed by atoms with Crippen molar-refractivity contribution in [2.24, 2.45) is 0 Å². The maximum Gasteiger partial charge on any atom is 0.301 e. The van der Waals surface area contributed by atoms with Crippen LogP contribution in [0, 0.1) is 15.9 Å². The molecule has 0 saturated carbocycles. The van der Waals surface area contributed by atoms with Gasteiger partial charge in [0.15, 0.2) is 5.13 Å². The highest BCUT2D eigenvalue weighted by molar-refractivity contribution is 7.22. The third-order valence-electron chi connectivity index (χ3n) is 5.83. The molecule has 1 atom stereocenters. The van der Waals surface area contributed by atoms with Crippen LogP contribution in [0.3, 0.4) is 0 Å². The van der Waals surface area contributed by atoms with E-state index < -0.39 is 34.2 Å². The summed E-state index contributed by atoms with van der Waals surface area (Å²) in [5.74, 6) is -2.34. The molecule has 1 aliphatic heterocycles. The number of non-ortho nitro benzene ring substituents is 1. The zero-order chi connectivity index (χ0) is 26.3. The molecule has 1 aromatic heterocycles. The number of aliphatic hydroxyl groups excluding tert-OH is 1. The molecule has 0 spiro atoms. The van der Waals surface area contributed by atoms with E-state index in [-0.39, 0.29) is 27.5 Å². The second-order valence-electron chi connectivity index (χ2n) is 8.09. The number of halogens is 1. The molecule has 1 amide bonds. The maximum atomic E-state index is 13.8. The normalized spacial score (nSPS) is 16.9. The van der Waals surface area contributed by atoms with E-state index >= 15 is 0 Å². The van der Waals surface area contributed by atoms with Gasteiger partial charge in [-0.15, -0.1) is 0 Å². The number of aromatic nitrogens is 1. The van der Waals surface area contributed by atoms with Gasteiger partial charge >= 0.3 is 5.91 Å². The Morgan fingerprint density at radius 1 is 1.16 bits per heavy atom. The van der Waals surface area contributed by atoms with Crippen molar-refractivity contribution in [2.75, 3.05) is 11.5 Å². The number of hydrogen-bond acceptors (Lipinski definition) is 8. The molecule has 0 radical (unpaired) electrons. The van der Waals surface area contributed by atoms with E-state index in [2.05, 4.69) is 4.98 Å². The predicted octanol–water partition coefficient (Wildman–Crippen LogP) is 5.37. The van der Waals surface area contributed by atoms with Crippen LogP contribution in [0.2, 0.25) is 0 Å². The van der Waals surface area contributed by atoms with Gasteiger partial charge in [0.25, 0.3) is 11.5 Å². The molecule has 1 aliphatic rings. The summed E-state index contributed by atoms with van der Waals surface area (Å²) >= 11 is 0.988. The Balaban J connectivity index is 1.71. The number of amides is 1. The molecule has 186 valence electrons. The number of aliphatic hydroxyl groups is 1. The number of ether oxygens (including phenoxy) is 1. The van der Waals surface area contributed by atoms with E-state index in [9.17, 15) is 29.2 Å². The summed E-state index contributed by atoms with van der Waals surface area (Å²) < 4.78 is 19.7. The minimum Gasteiger partial charge on any atom is -0.507 e. The lowest BCUT2D eigenvalue weighted by molar-refractivity contribution is -0.384. The fraction of sp³-hybridized carbons (Fsp3) is 0.115. The van der Waals surface area contributed by atoms with E-state index in [1.165, 1.54) is 42.5 Å². The van der Waals surface area contributed by atoms with Gasteiger partial charge in [0.05, 0.1) is 33.4 Å². The maximum absolute atomic E-state index is 13.8. The van der Waals surface area contributed by atoms with Crippen molar-refractivity contribution >= 4 is 49.8 Å². The number of nitro benzene ring substituents is 1. The first-order valence-electron chi connectivity index (χ1n) is 11.1. The van der Waals surface area contributed by atoms with Crippen molar-refractivity contribution in [1.82, 2.24) is 4.98 Å². The number of thiazole rings is 1. The Morgan fingerprint density at radius 3 is 2.62 bits per heavy atom. The number of carbonyl (C=O) groups excluding carboxylic acids is 2. The zero-order valence-electron chi connectivity index (χ0n) is 19.3. The zero-order valence-corrected chi connectivity index (χ0v) is 20.1.